The second kappa shape index (κ2) is 6.55. The molecule has 0 heterocycles. The molecule has 0 aliphatic rings. The predicted octanol–water partition coefficient (Wildman–Crippen LogP) is 3.19. The van der Waals surface area contributed by atoms with E-state index < -0.39 is 0 Å². The van der Waals surface area contributed by atoms with E-state index in [0.717, 1.165) is 12.1 Å². The average Bonchev–Trinajstić information content (AvgIpc) is 2.28. The molecule has 1 aromatic rings. The molecule has 0 spiro atoms. The van der Waals surface area contributed by atoms with E-state index in [1.807, 2.05) is 11.9 Å². The van der Waals surface area contributed by atoms with Crippen LogP contribution in [-0.2, 0) is 5.41 Å². The Balaban J connectivity index is 2.67. The molecule has 1 aromatic carbocycles. The lowest BCUT2D eigenvalue weighted by Gasteiger charge is -2.22. The molecule has 102 valence electrons. The van der Waals surface area contributed by atoms with Crippen LogP contribution >= 0.6 is 11.6 Å². The van der Waals surface area contributed by atoms with Crippen LogP contribution in [0.4, 0.5) is 0 Å². The molecule has 1 unspecified atom stereocenters. The highest BCUT2D eigenvalue weighted by molar-refractivity contribution is 6.21. The molecule has 3 heteroatoms. The van der Waals surface area contributed by atoms with E-state index in [9.17, 15) is 0 Å². The van der Waals surface area contributed by atoms with Gasteiger partial charge in [-0.3, -0.25) is 0 Å². The number of likely N-dealkylation sites (N-methyl/N-ethyl adjacent to an activating group) is 1. The molecule has 1 N–H and O–H groups in total. The number of nitrogens with zero attached hydrogens (tertiary/aromatic N) is 1. The van der Waals surface area contributed by atoms with Crippen molar-refractivity contribution in [3.63, 3.8) is 0 Å². The van der Waals surface area contributed by atoms with Crippen molar-refractivity contribution in [1.82, 2.24) is 4.90 Å². The highest BCUT2D eigenvalue weighted by atomic mass is 35.5. The molecule has 0 aromatic heterocycles. The fourth-order valence-electron chi connectivity index (χ4n) is 1.83. The molecule has 18 heavy (non-hydrogen) atoms. The number of hydrogen-bond acceptors (Lipinski definition) is 2. The Hall–Kier alpha value is -0.570. The van der Waals surface area contributed by atoms with E-state index >= 15 is 0 Å². The van der Waals surface area contributed by atoms with Gasteiger partial charge in [-0.2, -0.15) is 0 Å². The Kier molecular flexibility index (Phi) is 5.64. The van der Waals surface area contributed by atoms with Gasteiger partial charge in [0.15, 0.2) is 0 Å². The number of benzene rings is 1. The normalized spacial score (nSPS) is 13.9. The average molecular weight is 270 g/mol. The quantitative estimate of drug-likeness (QED) is 0.830. The summed E-state index contributed by atoms with van der Waals surface area (Å²) in [7, 11) is 1.97. The Morgan fingerprint density at radius 3 is 2.22 bits per heavy atom. The highest BCUT2D eigenvalue weighted by Crippen LogP contribution is 2.26. The molecule has 0 bridgehead atoms. The van der Waals surface area contributed by atoms with Gasteiger partial charge in [0.1, 0.15) is 0 Å². The number of rotatable bonds is 5. The third kappa shape index (κ3) is 4.60. The van der Waals surface area contributed by atoms with Gasteiger partial charge in [-0.05, 0) is 23.6 Å². The number of halogens is 1. The minimum atomic E-state index is -0.0319. The van der Waals surface area contributed by atoms with Crippen LogP contribution in [0.25, 0.3) is 0 Å². The van der Waals surface area contributed by atoms with Crippen LogP contribution in [0.15, 0.2) is 24.3 Å². The summed E-state index contributed by atoms with van der Waals surface area (Å²) in [5.74, 6) is 0. The SMILES string of the molecule is CN(CCO)CC(Cl)c1ccc(C(C)(C)C)cc1. The molecule has 0 saturated heterocycles. The maximum Gasteiger partial charge on any atom is 0.0712 e. The van der Waals surface area contributed by atoms with Gasteiger partial charge in [0, 0.05) is 13.1 Å². The van der Waals surface area contributed by atoms with Crippen LogP contribution in [0.2, 0.25) is 0 Å². The van der Waals surface area contributed by atoms with Gasteiger partial charge in [-0.25, -0.2) is 0 Å². The van der Waals surface area contributed by atoms with Crippen molar-refractivity contribution in [3.05, 3.63) is 35.4 Å². The molecule has 0 radical (unpaired) electrons. The van der Waals surface area contributed by atoms with E-state index in [1.54, 1.807) is 0 Å². The number of aliphatic hydroxyl groups excluding tert-OH is 1. The zero-order valence-corrected chi connectivity index (χ0v) is 12.5. The van der Waals surface area contributed by atoms with Crippen molar-refractivity contribution >= 4 is 11.6 Å². The van der Waals surface area contributed by atoms with E-state index in [2.05, 4.69) is 45.0 Å². The van der Waals surface area contributed by atoms with E-state index in [-0.39, 0.29) is 17.4 Å². The van der Waals surface area contributed by atoms with Crippen molar-refractivity contribution in [3.8, 4) is 0 Å². The molecule has 0 aliphatic carbocycles. The van der Waals surface area contributed by atoms with Gasteiger partial charge in [0.05, 0.1) is 12.0 Å². The van der Waals surface area contributed by atoms with Crippen molar-refractivity contribution in [2.75, 3.05) is 26.7 Å². The zero-order chi connectivity index (χ0) is 13.8. The Morgan fingerprint density at radius 2 is 1.78 bits per heavy atom. The Morgan fingerprint density at radius 1 is 1.22 bits per heavy atom. The number of aliphatic hydroxyl groups is 1. The minimum Gasteiger partial charge on any atom is -0.395 e. The first-order chi connectivity index (χ1) is 8.34. The molecule has 0 saturated carbocycles. The first-order valence-corrected chi connectivity index (χ1v) is 6.82. The summed E-state index contributed by atoms with van der Waals surface area (Å²) in [5, 5.41) is 8.83. The van der Waals surface area contributed by atoms with E-state index in [0.29, 0.717) is 6.54 Å². The second-order valence-electron chi connectivity index (χ2n) is 5.83. The first kappa shape index (κ1) is 15.5. The van der Waals surface area contributed by atoms with Crippen LogP contribution in [-0.4, -0.2) is 36.8 Å². The molecule has 2 nitrogen and oxygen atoms in total. The van der Waals surface area contributed by atoms with Crippen LogP contribution in [0.3, 0.4) is 0 Å². The summed E-state index contributed by atoms with van der Waals surface area (Å²) in [4.78, 5) is 2.04. The van der Waals surface area contributed by atoms with Crippen LogP contribution in [0.1, 0.15) is 37.3 Å². The van der Waals surface area contributed by atoms with Crippen LogP contribution < -0.4 is 0 Å². The molecule has 0 amide bonds. The molecule has 0 aliphatic heterocycles. The smallest absolute Gasteiger partial charge is 0.0712 e. The standard InChI is InChI=1S/C15H24ClNO/c1-15(2,3)13-7-5-12(6-8-13)14(16)11-17(4)9-10-18/h5-8,14,18H,9-11H2,1-4H3. The number of hydrogen-bond donors (Lipinski definition) is 1. The van der Waals surface area contributed by atoms with Gasteiger partial charge in [0.2, 0.25) is 0 Å². The largest absolute Gasteiger partial charge is 0.395 e. The van der Waals surface area contributed by atoms with Gasteiger partial charge >= 0.3 is 0 Å². The molecule has 1 rings (SSSR count). The lowest BCUT2D eigenvalue weighted by molar-refractivity contribution is 0.221. The lowest BCUT2D eigenvalue weighted by atomic mass is 9.86. The molecule has 1 atom stereocenters. The van der Waals surface area contributed by atoms with Crippen molar-refractivity contribution < 1.29 is 5.11 Å². The fourth-order valence-corrected chi connectivity index (χ4v) is 2.21. The summed E-state index contributed by atoms with van der Waals surface area (Å²) in [5.41, 5.74) is 2.63. The first-order valence-electron chi connectivity index (χ1n) is 6.38. The zero-order valence-electron chi connectivity index (χ0n) is 11.8. The van der Waals surface area contributed by atoms with E-state index in [1.165, 1.54) is 5.56 Å². The van der Waals surface area contributed by atoms with Crippen molar-refractivity contribution in [2.45, 2.75) is 31.6 Å². The third-order valence-corrected chi connectivity index (χ3v) is 3.48. The topological polar surface area (TPSA) is 23.5 Å². The van der Waals surface area contributed by atoms with Crippen LogP contribution in [0.5, 0.6) is 0 Å². The fraction of sp³-hybridized carbons (Fsp3) is 0.600. The van der Waals surface area contributed by atoms with Gasteiger partial charge in [0.25, 0.3) is 0 Å². The summed E-state index contributed by atoms with van der Waals surface area (Å²) in [6, 6.07) is 8.50. The molecule has 0 fully saturated rings. The van der Waals surface area contributed by atoms with Gasteiger partial charge in [-0.1, -0.05) is 45.0 Å². The predicted molar refractivity (Wildman–Crippen MR) is 78.3 cm³/mol. The minimum absolute atomic E-state index is 0.0319. The van der Waals surface area contributed by atoms with E-state index in [4.69, 9.17) is 16.7 Å². The number of alkyl halides is 1. The Bertz CT molecular complexity index is 356. The van der Waals surface area contributed by atoms with Gasteiger partial charge in [-0.15, -0.1) is 11.6 Å². The summed E-state index contributed by atoms with van der Waals surface area (Å²) >= 11 is 6.38. The maximum atomic E-state index is 8.86. The highest BCUT2D eigenvalue weighted by Gasteiger charge is 2.15. The summed E-state index contributed by atoms with van der Waals surface area (Å²) in [6.45, 7) is 8.18. The van der Waals surface area contributed by atoms with Crippen molar-refractivity contribution in [1.29, 1.82) is 0 Å². The Labute approximate surface area is 116 Å². The summed E-state index contributed by atoms with van der Waals surface area (Å²) < 4.78 is 0. The molecular weight excluding hydrogens is 246 g/mol. The third-order valence-electron chi connectivity index (χ3n) is 3.09. The van der Waals surface area contributed by atoms with Crippen LogP contribution in [0, 0.1) is 0 Å². The molecular formula is C15H24ClNO. The summed E-state index contributed by atoms with van der Waals surface area (Å²) in [6.07, 6.45) is 0. The monoisotopic (exact) mass is 269 g/mol. The maximum absolute atomic E-state index is 8.86. The second-order valence-corrected chi connectivity index (χ2v) is 6.35. The van der Waals surface area contributed by atoms with Gasteiger partial charge < -0.3 is 10.0 Å². The lowest BCUT2D eigenvalue weighted by Crippen LogP contribution is -2.25. The van der Waals surface area contributed by atoms with Crippen molar-refractivity contribution in [2.24, 2.45) is 0 Å².